The number of hydrogen-bond donors (Lipinski definition) is 0. The Kier molecular flexibility index (Phi) is 10.9. The predicted molar refractivity (Wildman–Crippen MR) is 142 cm³/mol. The van der Waals surface area contributed by atoms with Gasteiger partial charge in [-0.15, -0.1) is 6.42 Å². The third-order valence-corrected chi connectivity index (χ3v) is 8.67. The molecule has 7 heteroatoms. The van der Waals surface area contributed by atoms with E-state index in [0.717, 1.165) is 28.4 Å². The van der Waals surface area contributed by atoms with Gasteiger partial charge < -0.3 is 0 Å². The topological polar surface area (TPSA) is 54.5 Å². The quantitative estimate of drug-likeness (QED) is 0.118. The molecule has 1 atom stereocenters. The minimum absolute atomic E-state index is 0.0461. The van der Waals surface area contributed by atoms with E-state index in [9.17, 15) is 12.6 Å². The van der Waals surface area contributed by atoms with Gasteiger partial charge in [0, 0.05) is 16.3 Å². The number of rotatable bonds is 11. The summed E-state index contributed by atoms with van der Waals surface area (Å²) in [6.45, 7) is 3.93. The molecule has 2 aromatic carbocycles. The zero-order valence-corrected chi connectivity index (χ0v) is 22.1. The summed E-state index contributed by atoms with van der Waals surface area (Å²) in [7, 11) is -5.08. The van der Waals surface area contributed by atoms with Crippen molar-refractivity contribution in [3.05, 3.63) is 82.8 Å². The van der Waals surface area contributed by atoms with Crippen molar-refractivity contribution in [3.63, 3.8) is 0 Å². The Morgan fingerprint density at radius 1 is 1.09 bits per heavy atom. The van der Waals surface area contributed by atoms with E-state index >= 15 is 0 Å². The van der Waals surface area contributed by atoms with Gasteiger partial charge in [0.05, 0.1) is 22.2 Å². The molecule has 0 aliphatic carbocycles. The maximum absolute atomic E-state index is 13.1. The van der Waals surface area contributed by atoms with E-state index in [0.29, 0.717) is 9.80 Å². The Morgan fingerprint density at radius 2 is 1.69 bits per heavy atom. The normalized spacial score (nSPS) is 13.4. The molecular formula is C25H28INO3S2. The first-order valence-electron chi connectivity index (χ1n) is 10.2. The van der Waals surface area contributed by atoms with Gasteiger partial charge in [0.2, 0.25) is 10.0 Å². The molecule has 0 radical (unpaired) electrons. The molecule has 0 aliphatic heterocycles. The van der Waals surface area contributed by atoms with Crippen LogP contribution in [0.4, 0.5) is 0 Å². The first kappa shape index (κ1) is 26.5. The van der Waals surface area contributed by atoms with Gasteiger partial charge in [-0.2, -0.15) is 4.31 Å². The Balaban J connectivity index is 2.26. The predicted octanol–water partition coefficient (Wildman–Crippen LogP) is 5.39. The van der Waals surface area contributed by atoms with Gasteiger partial charge in [0.25, 0.3) is 0 Å². The lowest BCUT2D eigenvalue weighted by atomic mass is 10.2. The molecule has 0 aliphatic rings. The first-order chi connectivity index (χ1) is 15.3. The number of aryl methyl sites for hydroxylation is 2. The third-order valence-electron chi connectivity index (χ3n) is 4.65. The van der Waals surface area contributed by atoms with E-state index in [1.165, 1.54) is 4.31 Å². The molecular weight excluding hydrogens is 553 g/mol. The van der Waals surface area contributed by atoms with Crippen molar-refractivity contribution in [3.8, 4) is 12.3 Å². The average Bonchev–Trinajstić information content (AvgIpc) is 2.77. The summed E-state index contributed by atoms with van der Waals surface area (Å²) >= 11 is 2.31. The summed E-state index contributed by atoms with van der Waals surface area (Å²) in [5.41, 5.74) is 2.08. The van der Waals surface area contributed by atoms with Crippen molar-refractivity contribution in [2.75, 3.05) is 17.5 Å². The monoisotopic (exact) mass is 581 g/mol. The number of halogens is 1. The van der Waals surface area contributed by atoms with Crippen LogP contribution in [0.15, 0.2) is 81.5 Å². The summed E-state index contributed by atoms with van der Waals surface area (Å²) in [6.07, 6.45) is 12.6. The number of unbranched alkanes of at least 4 members (excludes halogenated alkanes) is 1. The molecule has 0 aromatic heterocycles. The molecule has 2 aromatic rings. The van der Waals surface area contributed by atoms with Crippen molar-refractivity contribution in [1.82, 2.24) is 4.31 Å². The van der Waals surface area contributed by atoms with Crippen LogP contribution in [0, 0.1) is 26.2 Å². The fourth-order valence-electron chi connectivity index (χ4n) is 2.82. The second kappa shape index (κ2) is 13.1. The molecule has 0 amide bonds. The smallest absolute Gasteiger partial charge is 0.244 e. The largest absolute Gasteiger partial charge is 0.249 e. The molecule has 0 heterocycles. The molecule has 0 N–H and O–H groups in total. The summed E-state index contributed by atoms with van der Waals surface area (Å²) in [5.74, 6) is 2.43. The fraction of sp³-hybridized carbons (Fsp3) is 0.280. The molecule has 32 heavy (non-hydrogen) atoms. The Bertz CT molecular complexity index is 1110. The van der Waals surface area contributed by atoms with Crippen LogP contribution in [-0.2, 0) is 20.8 Å². The zero-order chi connectivity index (χ0) is 23.6. The highest BCUT2D eigenvalue weighted by atomic mass is 127. The van der Waals surface area contributed by atoms with Crippen LogP contribution in [-0.4, -0.2) is 34.4 Å². The van der Waals surface area contributed by atoms with Crippen molar-refractivity contribution < 1.29 is 12.6 Å². The second-order valence-corrected chi connectivity index (χ2v) is 11.7. The van der Waals surface area contributed by atoms with Crippen LogP contribution in [0.2, 0.25) is 0 Å². The van der Waals surface area contributed by atoms with Crippen LogP contribution >= 0.6 is 22.6 Å². The second-order valence-electron chi connectivity index (χ2n) is 7.24. The molecule has 4 nitrogen and oxygen atoms in total. The van der Waals surface area contributed by atoms with Gasteiger partial charge in [0.15, 0.2) is 0 Å². The van der Waals surface area contributed by atoms with E-state index in [4.69, 9.17) is 6.42 Å². The van der Waals surface area contributed by atoms with Gasteiger partial charge >= 0.3 is 0 Å². The summed E-state index contributed by atoms with van der Waals surface area (Å²) < 4.78 is 41.4. The summed E-state index contributed by atoms with van der Waals surface area (Å²) in [6, 6.07) is 14.3. The number of nitrogens with zero attached hydrogens (tertiary/aromatic N) is 1. The highest BCUT2D eigenvalue weighted by molar-refractivity contribution is 14.1. The fourth-order valence-corrected chi connectivity index (χ4v) is 5.71. The van der Waals surface area contributed by atoms with Gasteiger partial charge in [-0.05, 0) is 61.5 Å². The molecule has 0 fully saturated rings. The Labute approximate surface area is 208 Å². The maximum Gasteiger partial charge on any atom is 0.244 e. The lowest BCUT2D eigenvalue weighted by molar-refractivity contribution is 0.478. The molecule has 2 rings (SSSR count). The van der Waals surface area contributed by atoms with Crippen LogP contribution in [0.25, 0.3) is 0 Å². The van der Waals surface area contributed by atoms with E-state index < -0.39 is 20.8 Å². The van der Waals surface area contributed by atoms with Crippen LogP contribution < -0.4 is 0 Å². The SMILES string of the molecule is C#CCN(C/C=C/C(=C/CCCI)[S@@](=O)c1ccc(C)cc1)S(=O)(=O)c1ccc(C)cc1. The van der Waals surface area contributed by atoms with Gasteiger partial charge in [-0.3, -0.25) is 0 Å². The molecule has 170 valence electrons. The van der Waals surface area contributed by atoms with E-state index in [1.54, 1.807) is 36.4 Å². The van der Waals surface area contributed by atoms with Crippen molar-refractivity contribution in [2.45, 2.75) is 36.5 Å². The lowest BCUT2D eigenvalue weighted by Crippen LogP contribution is -2.31. The highest BCUT2D eigenvalue weighted by Crippen LogP contribution is 2.19. The minimum Gasteiger partial charge on any atom is -0.249 e. The first-order valence-corrected chi connectivity index (χ1v) is 14.3. The maximum atomic E-state index is 13.1. The molecule has 0 bridgehead atoms. The minimum atomic E-state index is -3.73. The van der Waals surface area contributed by atoms with Gasteiger partial charge in [-0.1, -0.05) is 76.1 Å². The zero-order valence-electron chi connectivity index (χ0n) is 18.3. The summed E-state index contributed by atoms with van der Waals surface area (Å²) in [5, 5.41) is 0. The summed E-state index contributed by atoms with van der Waals surface area (Å²) in [4.78, 5) is 1.58. The molecule has 0 spiro atoms. The van der Waals surface area contributed by atoms with Crippen LogP contribution in [0.1, 0.15) is 24.0 Å². The van der Waals surface area contributed by atoms with E-state index in [1.807, 2.05) is 44.2 Å². The van der Waals surface area contributed by atoms with Crippen molar-refractivity contribution >= 4 is 43.4 Å². The number of benzene rings is 2. The average molecular weight is 582 g/mol. The van der Waals surface area contributed by atoms with E-state index in [-0.39, 0.29) is 18.0 Å². The lowest BCUT2D eigenvalue weighted by Gasteiger charge is -2.18. The Morgan fingerprint density at radius 3 is 2.25 bits per heavy atom. The van der Waals surface area contributed by atoms with Crippen LogP contribution in [0.5, 0.6) is 0 Å². The van der Waals surface area contributed by atoms with Gasteiger partial charge in [0.1, 0.15) is 0 Å². The van der Waals surface area contributed by atoms with Gasteiger partial charge in [-0.25, -0.2) is 12.6 Å². The number of allylic oxidation sites excluding steroid dienone is 2. The standard InChI is InChI=1S/C25H28INO3S2/c1-4-19-27(32(29,30)25-16-12-22(3)13-17-25)20-7-9-23(8-5-6-18-26)31(28)24-14-10-21(2)11-15-24/h1,7-17H,5-6,18-20H2,2-3H3/b9-7+,23-8-/t31-/m1/s1. The molecule has 0 saturated heterocycles. The molecule has 0 unspecified atom stereocenters. The number of terminal acetylenes is 1. The van der Waals surface area contributed by atoms with Crippen molar-refractivity contribution in [1.29, 1.82) is 0 Å². The Hall–Kier alpha value is -1.73. The number of hydrogen-bond acceptors (Lipinski definition) is 3. The van der Waals surface area contributed by atoms with Crippen molar-refractivity contribution in [2.24, 2.45) is 0 Å². The number of alkyl halides is 1. The van der Waals surface area contributed by atoms with E-state index in [2.05, 4.69) is 28.5 Å². The third kappa shape index (κ3) is 7.69. The molecule has 0 saturated carbocycles. The number of sulfonamides is 1. The van der Waals surface area contributed by atoms with Crippen LogP contribution in [0.3, 0.4) is 0 Å². The highest BCUT2D eigenvalue weighted by Gasteiger charge is 2.22.